The normalized spacial score (nSPS) is 24.7. The van der Waals surface area contributed by atoms with Gasteiger partial charge in [0.15, 0.2) is 0 Å². The highest BCUT2D eigenvalue weighted by molar-refractivity contribution is 5.90. The van der Waals surface area contributed by atoms with Crippen LogP contribution >= 0.6 is 12.4 Å². The molecule has 2 atom stereocenters. The van der Waals surface area contributed by atoms with Crippen molar-refractivity contribution in [3.63, 3.8) is 0 Å². The van der Waals surface area contributed by atoms with Crippen molar-refractivity contribution in [3.05, 3.63) is 0 Å². The highest BCUT2D eigenvalue weighted by Crippen LogP contribution is 2.35. The quantitative estimate of drug-likeness (QED) is 0.805. The highest BCUT2D eigenvalue weighted by atomic mass is 35.5. The van der Waals surface area contributed by atoms with Crippen LogP contribution < -0.4 is 11.1 Å². The van der Waals surface area contributed by atoms with Gasteiger partial charge in [-0.05, 0) is 39.0 Å². The zero-order valence-electron chi connectivity index (χ0n) is 13.1. The lowest BCUT2D eigenvalue weighted by Crippen LogP contribution is -2.52. The molecule has 2 aliphatic rings. The summed E-state index contributed by atoms with van der Waals surface area (Å²) in [6.45, 7) is 5.42. The first-order chi connectivity index (χ1) is 9.46. The monoisotopic (exact) mass is 317 g/mol. The Bertz CT molecular complexity index is 385. The molecule has 5 nitrogen and oxygen atoms in total. The SMILES string of the molecule is CCCC(C)NC(=O)C1CCCN(C(=O)C2(N)CC2)C1.Cl. The van der Waals surface area contributed by atoms with Gasteiger partial charge in [0.2, 0.25) is 11.8 Å². The Morgan fingerprint density at radius 2 is 2.10 bits per heavy atom. The Morgan fingerprint density at radius 3 is 2.67 bits per heavy atom. The fraction of sp³-hybridized carbons (Fsp3) is 0.867. The molecule has 0 aromatic rings. The van der Waals surface area contributed by atoms with E-state index in [0.29, 0.717) is 6.54 Å². The number of amides is 2. The molecule has 21 heavy (non-hydrogen) atoms. The van der Waals surface area contributed by atoms with Gasteiger partial charge < -0.3 is 16.0 Å². The van der Waals surface area contributed by atoms with E-state index in [2.05, 4.69) is 12.2 Å². The van der Waals surface area contributed by atoms with Crippen LogP contribution in [0.2, 0.25) is 0 Å². The Hall–Kier alpha value is -0.810. The molecule has 0 bridgehead atoms. The summed E-state index contributed by atoms with van der Waals surface area (Å²) in [6.07, 6.45) is 5.38. The summed E-state index contributed by atoms with van der Waals surface area (Å²) < 4.78 is 0. The molecule has 0 aromatic carbocycles. The van der Waals surface area contributed by atoms with Gasteiger partial charge >= 0.3 is 0 Å². The smallest absolute Gasteiger partial charge is 0.242 e. The molecule has 6 heteroatoms. The predicted octanol–water partition coefficient (Wildman–Crippen LogP) is 1.44. The zero-order chi connectivity index (χ0) is 14.8. The van der Waals surface area contributed by atoms with Gasteiger partial charge in [-0.1, -0.05) is 13.3 Å². The molecule has 1 aliphatic carbocycles. The lowest BCUT2D eigenvalue weighted by atomic mass is 9.96. The summed E-state index contributed by atoms with van der Waals surface area (Å²) >= 11 is 0. The van der Waals surface area contributed by atoms with Gasteiger partial charge in [-0.3, -0.25) is 9.59 Å². The third kappa shape index (κ3) is 4.58. The number of hydrogen-bond donors (Lipinski definition) is 2. The lowest BCUT2D eigenvalue weighted by molar-refractivity contribution is -0.137. The number of halogens is 1. The number of nitrogens with two attached hydrogens (primary N) is 1. The van der Waals surface area contributed by atoms with Gasteiger partial charge in [-0.25, -0.2) is 0 Å². The van der Waals surface area contributed by atoms with Crippen LogP contribution in [0.15, 0.2) is 0 Å². The molecular weight excluding hydrogens is 290 g/mol. The minimum absolute atomic E-state index is 0. The molecule has 122 valence electrons. The van der Waals surface area contributed by atoms with Gasteiger partial charge in [-0.2, -0.15) is 0 Å². The van der Waals surface area contributed by atoms with E-state index in [1.807, 2.05) is 6.92 Å². The maximum Gasteiger partial charge on any atom is 0.242 e. The third-order valence-corrected chi connectivity index (χ3v) is 4.40. The number of likely N-dealkylation sites (tertiary alicyclic amines) is 1. The summed E-state index contributed by atoms with van der Waals surface area (Å²) in [7, 11) is 0. The maximum atomic E-state index is 12.2. The summed E-state index contributed by atoms with van der Waals surface area (Å²) in [5, 5.41) is 3.06. The van der Waals surface area contributed by atoms with E-state index in [4.69, 9.17) is 5.73 Å². The van der Waals surface area contributed by atoms with Gasteiger partial charge in [0.1, 0.15) is 0 Å². The van der Waals surface area contributed by atoms with Crippen molar-refractivity contribution >= 4 is 24.2 Å². The van der Waals surface area contributed by atoms with Crippen LogP contribution in [0.4, 0.5) is 0 Å². The van der Waals surface area contributed by atoms with Crippen LogP contribution in [0.3, 0.4) is 0 Å². The van der Waals surface area contributed by atoms with Crippen molar-refractivity contribution in [3.8, 4) is 0 Å². The van der Waals surface area contributed by atoms with Crippen molar-refractivity contribution < 1.29 is 9.59 Å². The van der Waals surface area contributed by atoms with E-state index < -0.39 is 5.54 Å². The van der Waals surface area contributed by atoms with E-state index in [9.17, 15) is 9.59 Å². The van der Waals surface area contributed by atoms with Crippen LogP contribution in [0.5, 0.6) is 0 Å². The molecule has 1 saturated heterocycles. The number of nitrogens with zero attached hydrogens (tertiary/aromatic N) is 1. The molecule has 0 radical (unpaired) electrons. The topological polar surface area (TPSA) is 75.4 Å². The van der Waals surface area contributed by atoms with Crippen molar-refractivity contribution in [2.24, 2.45) is 11.7 Å². The number of piperidine rings is 1. The summed E-state index contributed by atoms with van der Waals surface area (Å²) in [5.74, 6) is 0.0521. The summed E-state index contributed by atoms with van der Waals surface area (Å²) in [4.78, 5) is 26.3. The number of hydrogen-bond acceptors (Lipinski definition) is 3. The second kappa shape index (κ2) is 7.45. The molecule has 2 amide bonds. The molecular formula is C15H28ClN3O2. The van der Waals surface area contributed by atoms with Crippen LogP contribution in [0, 0.1) is 5.92 Å². The fourth-order valence-corrected chi connectivity index (χ4v) is 2.90. The second-order valence-corrected chi connectivity index (χ2v) is 6.44. The van der Waals surface area contributed by atoms with Gasteiger partial charge in [0.25, 0.3) is 0 Å². The van der Waals surface area contributed by atoms with E-state index in [1.54, 1.807) is 4.90 Å². The average Bonchev–Trinajstić information content (AvgIpc) is 3.17. The molecule has 1 saturated carbocycles. The molecule has 2 unspecified atom stereocenters. The van der Waals surface area contributed by atoms with Crippen LogP contribution in [0.1, 0.15) is 52.4 Å². The first kappa shape index (κ1) is 18.2. The Labute approximate surface area is 133 Å². The molecule has 3 N–H and O–H groups in total. The minimum Gasteiger partial charge on any atom is -0.353 e. The standard InChI is InChI=1S/C15H27N3O2.ClH/c1-3-5-11(2)17-13(19)12-6-4-9-18(10-12)14(20)15(16)7-8-15;/h11-12H,3-10,16H2,1-2H3,(H,17,19);1H. The van der Waals surface area contributed by atoms with Crippen LogP contribution in [-0.4, -0.2) is 41.4 Å². The fourth-order valence-electron chi connectivity index (χ4n) is 2.90. The van der Waals surface area contributed by atoms with E-state index in [-0.39, 0.29) is 36.2 Å². The Morgan fingerprint density at radius 1 is 1.43 bits per heavy atom. The average molecular weight is 318 g/mol. The second-order valence-electron chi connectivity index (χ2n) is 6.44. The van der Waals surface area contributed by atoms with Crippen LogP contribution in [0.25, 0.3) is 0 Å². The number of carbonyl (C=O) groups is 2. The lowest BCUT2D eigenvalue weighted by Gasteiger charge is -2.34. The molecule has 1 aliphatic heterocycles. The first-order valence-electron chi connectivity index (χ1n) is 7.85. The predicted molar refractivity (Wildman–Crippen MR) is 85.2 cm³/mol. The van der Waals surface area contributed by atoms with E-state index in [1.165, 1.54) is 0 Å². The van der Waals surface area contributed by atoms with Gasteiger partial charge in [0, 0.05) is 19.1 Å². The van der Waals surface area contributed by atoms with Crippen LogP contribution in [-0.2, 0) is 9.59 Å². The van der Waals surface area contributed by atoms with Crippen molar-refractivity contribution in [2.75, 3.05) is 13.1 Å². The van der Waals surface area contributed by atoms with Gasteiger partial charge in [-0.15, -0.1) is 12.4 Å². The van der Waals surface area contributed by atoms with Crippen molar-refractivity contribution in [1.82, 2.24) is 10.2 Å². The molecule has 2 rings (SSSR count). The molecule has 0 spiro atoms. The number of carbonyl (C=O) groups excluding carboxylic acids is 2. The molecule has 1 heterocycles. The van der Waals surface area contributed by atoms with E-state index >= 15 is 0 Å². The number of nitrogens with one attached hydrogen (secondary N) is 1. The molecule has 2 fully saturated rings. The largest absolute Gasteiger partial charge is 0.353 e. The minimum atomic E-state index is -0.617. The number of rotatable bonds is 5. The zero-order valence-corrected chi connectivity index (χ0v) is 13.9. The van der Waals surface area contributed by atoms with Crippen molar-refractivity contribution in [2.45, 2.75) is 64.0 Å². The van der Waals surface area contributed by atoms with Gasteiger partial charge in [0.05, 0.1) is 11.5 Å². The Balaban J connectivity index is 0.00000220. The van der Waals surface area contributed by atoms with Crippen molar-refractivity contribution in [1.29, 1.82) is 0 Å². The highest BCUT2D eigenvalue weighted by Gasteiger charge is 2.49. The molecule has 0 aromatic heterocycles. The third-order valence-electron chi connectivity index (χ3n) is 4.40. The summed E-state index contributed by atoms with van der Waals surface area (Å²) in [6, 6.07) is 0.211. The Kier molecular flexibility index (Phi) is 6.47. The maximum absolute atomic E-state index is 12.2. The summed E-state index contributed by atoms with van der Waals surface area (Å²) in [5.41, 5.74) is 5.35. The van der Waals surface area contributed by atoms with E-state index in [0.717, 1.165) is 45.1 Å². The first-order valence-corrected chi connectivity index (χ1v) is 7.85.